The Bertz CT molecular complexity index is 5220. The number of aromatic nitrogens is 8. The Morgan fingerprint density at radius 2 is 0.787 bits per heavy atom. The van der Waals surface area contributed by atoms with E-state index < -0.39 is 30.1 Å². The quantitative estimate of drug-likeness (QED) is 0.0765. The predicted molar refractivity (Wildman–Crippen MR) is 419 cm³/mol. The zero-order chi connectivity index (χ0) is 75.4. The van der Waals surface area contributed by atoms with Gasteiger partial charge in [-0.25, -0.2) is 76.5 Å². The van der Waals surface area contributed by atoms with Crippen molar-refractivity contribution >= 4 is 160 Å². The van der Waals surface area contributed by atoms with E-state index in [0.717, 1.165) is 43.1 Å². The predicted octanol–water partition coefficient (Wildman–Crippen LogP) is 10.4. The average molecular weight is 1740 g/mol. The maximum absolute atomic E-state index is 13.9. The topological polar surface area (TPSA) is 308 Å². The lowest BCUT2D eigenvalue weighted by Crippen LogP contribution is -2.51. The van der Waals surface area contributed by atoms with Crippen molar-refractivity contribution in [2.24, 2.45) is 0 Å². The number of anilines is 3. The molecule has 0 N–H and O–H groups in total. The monoisotopic (exact) mass is 1740 g/mol. The Kier molecular flexibility index (Phi) is 23.0. The highest BCUT2D eigenvalue weighted by atomic mass is 127. The first-order valence-corrected chi connectivity index (χ1v) is 42.5. The van der Waals surface area contributed by atoms with Gasteiger partial charge in [0.25, 0.3) is 30.1 Å². The molecule has 29 nitrogen and oxygen atoms in total. The summed E-state index contributed by atoms with van der Waals surface area (Å²) in [5.41, 5.74) is 6.76. The molecule has 3 aromatic carbocycles. The Hall–Kier alpha value is -8.86. The zero-order valence-electron chi connectivity index (χ0n) is 58.7. The second kappa shape index (κ2) is 32.8. The number of hydrogen-bond acceptors (Lipinski definition) is 25. The molecule has 3 amide bonds. The van der Waals surface area contributed by atoms with E-state index in [1.165, 1.54) is 23.3 Å². The molecule has 6 aliphatic heterocycles. The molecule has 6 fully saturated rings. The van der Waals surface area contributed by atoms with Crippen molar-refractivity contribution in [3.05, 3.63) is 181 Å². The average Bonchev–Trinajstić information content (AvgIpc) is 1.60. The fourth-order valence-corrected chi connectivity index (χ4v) is 20.4. The van der Waals surface area contributed by atoms with E-state index in [1.807, 2.05) is 83.6 Å². The summed E-state index contributed by atoms with van der Waals surface area (Å²) in [4.78, 5) is 71.1. The van der Waals surface area contributed by atoms with Crippen LogP contribution in [-0.2, 0) is 58.5 Å². The molecule has 6 saturated heterocycles. The fraction of sp³-hybridized carbons (Fsp3) is 0.333. The van der Waals surface area contributed by atoms with Crippen molar-refractivity contribution in [2.75, 3.05) is 133 Å². The summed E-state index contributed by atoms with van der Waals surface area (Å²) < 4.78 is 118. The SMILES string of the molecule is Cc1cc2c(N3CCN(C(=O)OC4COC4)CC3)ccnc2n1S(=O)(=O)c1ccccc1.Cc1csc(-c2cc3c(N4CCN(C(=O)OC5COC5)CC4)ccnc3n2S(=O)(=O)c2ccccc2)n1.Cc1csc(Br)n1.O=C(OC1COC1)N1CCN(c2ccnc3c2cc(I)n3S(=O)(=O)c2ccccc2)CC1. The smallest absolute Gasteiger partial charge is 0.410 e. The summed E-state index contributed by atoms with van der Waals surface area (Å²) in [6.45, 7) is 15.1. The molecule has 17 rings (SSSR count). The molecule has 0 unspecified atom stereocenters. The van der Waals surface area contributed by atoms with Crippen LogP contribution in [0.3, 0.4) is 0 Å². The molecule has 0 atom stereocenters. The number of hydrogen-bond donors (Lipinski definition) is 0. The lowest BCUT2D eigenvalue weighted by molar-refractivity contribution is -0.105. The van der Waals surface area contributed by atoms with E-state index in [-0.39, 0.29) is 51.3 Å². The van der Waals surface area contributed by atoms with Gasteiger partial charge in [0, 0.05) is 158 Å². The Labute approximate surface area is 652 Å². The largest absolute Gasteiger partial charge is 0.441 e. The van der Waals surface area contributed by atoms with Crippen LogP contribution in [0.2, 0.25) is 0 Å². The maximum Gasteiger partial charge on any atom is 0.410 e. The Morgan fingerprint density at radius 3 is 1.13 bits per heavy atom. The van der Waals surface area contributed by atoms with Gasteiger partial charge in [-0.15, -0.1) is 22.7 Å². The van der Waals surface area contributed by atoms with Crippen LogP contribution >= 0.6 is 61.2 Å². The number of amides is 3. The molecular formula is C72H74BrIN14O15S5. The van der Waals surface area contributed by atoms with E-state index in [1.54, 1.807) is 143 Å². The molecule has 108 heavy (non-hydrogen) atoms. The first-order chi connectivity index (χ1) is 52.1. The van der Waals surface area contributed by atoms with Crippen molar-refractivity contribution in [3.63, 3.8) is 0 Å². The number of aryl methyl sites for hydroxylation is 3. The number of thiazole rings is 2. The molecular weight excluding hydrogens is 1670 g/mol. The van der Waals surface area contributed by atoms with Crippen molar-refractivity contribution in [1.29, 1.82) is 0 Å². The lowest BCUT2D eigenvalue weighted by Gasteiger charge is -2.37. The van der Waals surface area contributed by atoms with Gasteiger partial charge in [0.05, 0.1) is 63.7 Å². The van der Waals surface area contributed by atoms with Gasteiger partial charge in [0.15, 0.2) is 39.2 Å². The van der Waals surface area contributed by atoms with Gasteiger partial charge < -0.3 is 57.8 Å². The van der Waals surface area contributed by atoms with Crippen molar-refractivity contribution in [2.45, 2.75) is 53.8 Å². The summed E-state index contributed by atoms with van der Waals surface area (Å²) in [5.74, 6) is 0. The summed E-state index contributed by atoms with van der Waals surface area (Å²) in [6, 6.07) is 36.3. The van der Waals surface area contributed by atoms with Gasteiger partial charge in [-0.05, 0) is 132 Å². The molecule has 566 valence electrons. The minimum Gasteiger partial charge on any atom is -0.441 e. The number of rotatable bonds is 13. The number of nitrogens with zero attached hydrogens (tertiary/aromatic N) is 14. The molecule has 36 heteroatoms. The normalized spacial score (nSPS) is 16.6. The summed E-state index contributed by atoms with van der Waals surface area (Å²) in [6.07, 6.45) is 3.49. The number of carbonyl (C=O) groups is 3. The van der Waals surface area contributed by atoms with Gasteiger partial charge in [-0.1, -0.05) is 54.6 Å². The number of ether oxygens (including phenoxy) is 6. The van der Waals surface area contributed by atoms with E-state index in [9.17, 15) is 39.6 Å². The number of fused-ring (bicyclic) bond motifs is 3. The molecule has 0 saturated carbocycles. The molecule has 6 aliphatic rings. The van der Waals surface area contributed by atoms with Crippen molar-refractivity contribution in [3.8, 4) is 10.7 Å². The number of pyridine rings is 3. The molecule has 14 heterocycles. The van der Waals surface area contributed by atoms with Crippen LogP contribution in [0.5, 0.6) is 0 Å². The molecule has 11 aromatic rings. The van der Waals surface area contributed by atoms with E-state index in [4.69, 9.17) is 28.4 Å². The van der Waals surface area contributed by atoms with Crippen molar-refractivity contribution < 1.29 is 68.1 Å². The first kappa shape index (κ1) is 75.9. The van der Waals surface area contributed by atoms with Gasteiger partial charge in [0.2, 0.25) is 0 Å². The van der Waals surface area contributed by atoms with Crippen LogP contribution in [-0.4, -0.2) is 232 Å². The second-order valence-electron chi connectivity index (χ2n) is 25.8. The van der Waals surface area contributed by atoms with Crippen LogP contribution in [0, 0.1) is 24.5 Å². The fourth-order valence-electron chi connectivity index (χ4n) is 12.8. The zero-order valence-corrected chi connectivity index (χ0v) is 66.5. The van der Waals surface area contributed by atoms with Crippen molar-refractivity contribution in [1.82, 2.24) is 51.5 Å². The first-order valence-electron chi connectivity index (χ1n) is 34.5. The van der Waals surface area contributed by atoms with Crippen LogP contribution in [0.15, 0.2) is 175 Å². The molecule has 0 bridgehead atoms. The minimum absolute atomic E-state index is 0.144. The molecule has 0 radical (unpaired) electrons. The van der Waals surface area contributed by atoms with Gasteiger partial charge in [0.1, 0.15) is 5.01 Å². The molecule has 0 spiro atoms. The third kappa shape index (κ3) is 16.2. The maximum atomic E-state index is 13.9. The van der Waals surface area contributed by atoms with E-state index in [0.29, 0.717) is 161 Å². The van der Waals surface area contributed by atoms with E-state index >= 15 is 0 Å². The summed E-state index contributed by atoms with van der Waals surface area (Å²) in [5, 5.41) is 6.76. The number of carbonyl (C=O) groups excluding carboxylic acids is 3. The van der Waals surface area contributed by atoms with Gasteiger partial charge in [-0.3, -0.25) is 0 Å². The highest BCUT2D eigenvalue weighted by Gasteiger charge is 2.35. The van der Waals surface area contributed by atoms with Gasteiger partial charge in [-0.2, -0.15) is 0 Å². The van der Waals surface area contributed by atoms with Crippen LogP contribution < -0.4 is 14.7 Å². The number of piperazine rings is 3. The van der Waals surface area contributed by atoms with Crippen LogP contribution in [0.1, 0.15) is 17.1 Å². The standard InChI is InChI=1S/C25H25N5O5S2.C22H24N4O5S.C21H21IN4O5S.C4H4BrNS/c1-17-16-36-24(27-17)22-13-20-21(28-9-11-29(12-10-28)25(31)35-18-14-34-15-18)7-8-26-23(20)30(22)37(32,33)19-5-3-2-4-6-19;1-16-13-19-20(24-9-11-25(12-10-24)22(27)31-17-14-30-15-17)7-8-23-21(19)26(16)32(28,29)18-5-3-2-4-6-18;22-19-12-17-18(24-8-10-25(11-9-24)21(27)31-15-13-30-14-15)6-7-23-20(17)26(19)32(28,29)16-4-2-1-3-5-16;1-3-2-7-4(5)6-3/h2-8,13,16,18H,9-12,14-15H2,1H3;2-8,13,17H,9-12,14-15H2,1H3;1-7,12,15H,8-11,13-14H2;2H,1H3. The minimum atomic E-state index is -3.95. The van der Waals surface area contributed by atoms with Crippen LogP contribution in [0.25, 0.3) is 43.8 Å². The molecule has 8 aromatic heterocycles. The Balaban J connectivity index is 0.000000130. The third-order valence-electron chi connectivity index (χ3n) is 18.6. The highest BCUT2D eigenvalue weighted by molar-refractivity contribution is 14.1. The number of halogens is 2. The third-order valence-corrected chi connectivity index (χ3v) is 27.4. The summed E-state index contributed by atoms with van der Waals surface area (Å²) >= 11 is 8.28. The number of benzene rings is 3. The second-order valence-corrected chi connectivity index (χ2v) is 35.3. The van der Waals surface area contributed by atoms with E-state index in [2.05, 4.69) is 55.5 Å². The molecule has 0 aliphatic carbocycles. The highest BCUT2D eigenvalue weighted by Crippen LogP contribution is 2.39. The van der Waals surface area contributed by atoms with Gasteiger partial charge >= 0.3 is 18.3 Å². The summed E-state index contributed by atoms with van der Waals surface area (Å²) in [7, 11) is -11.5. The Morgan fingerprint density at radius 1 is 0.444 bits per heavy atom. The lowest BCUT2D eigenvalue weighted by atomic mass is 10.2. The van der Waals surface area contributed by atoms with Crippen LogP contribution in [0.4, 0.5) is 31.4 Å².